The highest BCUT2D eigenvalue weighted by Crippen LogP contribution is 2.23. The number of amides is 2. The summed E-state index contributed by atoms with van der Waals surface area (Å²) in [7, 11) is 0. The molecule has 8 nitrogen and oxygen atoms in total. The van der Waals surface area contributed by atoms with Gasteiger partial charge in [-0.2, -0.15) is 0 Å². The first-order valence-corrected chi connectivity index (χ1v) is 14.0. The highest BCUT2D eigenvalue weighted by Gasteiger charge is 2.34. The molecule has 0 atom stereocenters. The van der Waals surface area contributed by atoms with E-state index in [0.717, 1.165) is 30.9 Å². The van der Waals surface area contributed by atoms with Gasteiger partial charge in [-0.05, 0) is 74.3 Å². The Balaban J connectivity index is 1.16. The number of benzene rings is 3. The molecule has 40 heavy (non-hydrogen) atoms. The molecule has 4 aromatic rings. The molecule has 3 aromatic carbocycles. The Morgan fingerprint density at radius 3 is 2.12 bits per heavy atom. The van der Waals surface area contributed by atoms with Crippen molar-refractivity contribution < 1.29 is 14.3 Å². The number of rotatable bonds is 10. The summed E-state index contributed by atoms with van der Waals surface area (Å²) in [6.07, 6.45) is 3.47. The Kier molecular flexibility index (Phi) is 7.42. The Labute approximate surface area is 232 Å². The first-order valence-electron chi connectivity index (χ1n) is 14.0. The number of carbonyl (C=O) groups excluding carboxylic acids is 2. The molecule has 0 spiro atoms. The fourth-order valence-electron chi connectivity index (χ4n) is 5.58. The quantitative estimate of drug-likeness (QED) is 0.286. The molecule has 0 unspecified atom stereocenters. The van der Waals surface area contributed by atoms with E-state index >= 15 is 0 Å². The van der Waals surface area contributed by atoms with Crippen LogP contribution in [0.15, 0.2) is 77.6 Å². The van der Waals surface area contributed by atoms with Gasteiger partial charge in [-0.3, -0.25) is 28.8 Å². The molecule has 0 bridgehead atoms. The molecular formula is C32H32N4O4. The van der Waals surface area contributed by atoms with E-state index in [9.17, 15) is 14.4 Å². The standard InChI is InChI=1S/C32H32N4O4/c37-30-25-7-1-2-8-26(25)31(38)36(30)20-16-29-33-28-10-4-3-9-27(28)32(39)35(29)19-15-23-11-13-24(14-12-23)40-22-21-34-17-5-6-18-34/h1-4,7-14H,5-6,15-22H2. The maximum Gasteiger partial charge on any atom is 0.261 e. The summed E-state index contributed by atoms with van der Waals surface area (Å²) < 4.78 is 7.61. The van der Waals surface area contributed by atoms with Crippen LogP contribution in [0.4, 0.5) is 0 Å². The van der Waals surface area contributed by atoms with Crippen LogP contribution >= 0.6 is 0 Å². The van der Waals surface area contributed by atoms with Crippen molar-refractivity contribution in [1.29, 1.82) is 0 Å². The lowest BCUT2D eigenvalue weighted by atomic mass is 10.1. The normalized spacial score (nSPS) is 15.2. The summed E-state index contributed by atoms with van der Waals surface area (Å²) in [6.45, 7) is 4.53. The molecule has 2 aliphatic heterocycles. The van der Waals surface area contributed by atoms with Crippen LogP contribution in [0.2, 0.25) is 0 Å². The first kappa shape index (κ1) is 26.0. The molecule has 1 aromatic heterocycles. The van der Waals surface area contributed by atoms with Crippen molar-refractivity contribution in [2.45, 2.75) is 32.2 Å². The van der Waals surface area contributed by atoms with E-state index in [0.29, 0.717) is 47.4 Å². The van der Waals surface area contributed by atoms with Crippen molar-refractivity contribution >= 4 is 22.7 Å². The van der Waals surface area contributed by atoms with Crippen molar-refractivity contribution in [1.82, 2.24) is 19.4 Å². The fraction of sp³-hybridized carbons (Fsp3) is 0.312. The third kappa shape index (κ3) is 5.27. The minimum absolute atomic E-state index is 0.121. The molecule has 204 valence electrons. The summed E-state index contributed by atoms with van der Waals surface area (Å²) in [5, 5.41) is 0.550. The summed E-state index contributed by atoms with van der Waals surface area (Å²) in [4.78, 5) is 47.7. The maximum atomic E-state index is 13.5. The maximum absolute atomic E-state index is 13.5. The Morgan fingerprint density at radius 2 is 1.40 bits per heavy atom. The lowest BCUT2D eigenvalue weighted by molar-refractivity contribution is 0.0655. The molecule has 0 aliphatic carbocycles. The van der Waals surface area contributed by atoms with Gasteiger partial charge >= 0.3 is 0 Å². The highest BCUT2D eigenvalue weighted by molar-refractivity contribution is 6.21. The van der Waals surface area contributed by atoms with Gasteiger partial charge in [0, 0.05) is 26.1 Å². The average molecular weight is 537 g/mol. The number of hydrogen-bond donors (Lipinski definition) is 0. The third-order valence-electron chi connectivity index (χ3n) is 7.80. The lowest BCUT2D eigenvalue weighted by Crippen LogP contribution is -2.34. The van der Waals surface area contributed by atoms with Gasteiger partial charge in [0.25, 0.3) is 17.4 Å². The molecule has 2 aliphatic rings. The number of para-hydroxylation sites is 1. The zero-order chi connectivity index (χ0) is 27.5. The number of aryl methyl sites for hydroxylation is 1. The van der Waals surface area contributed by atoms with Crippen LogP contribution in [0.3, 0.4) is 0 Å². The minimum atomic E-state index is -0.307. The second-order valence-electron chi connectivity index (χ2n) is 10.4. The van der Waals surface area contributed by atoms with Gasteiger partial charge in [0.05, 0.1) is 22.0 Å². The summed E-state index contributed by atoms with van der Waals surface area (Å²) in [5.74, 6) is 0.785. The zero-order valence-corrected chi connectivity index (χ0v) is 22.4. The van der Waals surface area contributed by atoms with Gasteiger partial charge in [-0.15, -0.1) is 0 Å². The van der Waals surface area contributed by atoms with E-state index < -0.39 is 0 Å². The van der Waals surface area contributed by atoms with Gasteiger partial charge in [-0.25, -0.2) is 4.98 Å². The van der Waals surface area contributed by atoms with E-state index in [4.69, 9.17) is 9.72 Å². The number of ether oxygens (including phenoxy) is 1. The fourth-order valence-corrected chi connectivity index (χ4v) is 5.58. The Morgan fingerprint density at radius 1 is 0.725 bits per heavy atom. The van der Waals surface area contributed by atoms with Crippen molar-refractivity contribution in [3.05, 3.63) is 106 Å². The van der Waals surface area contributed by atoms with Crippen molar-refractivity contribution in [3.8, 4) is 5.75 Å². The Bertz CT molecular complexity index is 1570. The largest absolute Gasteiger partial charge is 0.492 e. The van der Waals surface area contributed by atoms with Crippen LogP contribution in [-0.2, 0) is 19.4 Å². The second-order valence-corrected chi connectivity index (χ2v) is 10.4. The van der Waals surface area contributed by atoms with Gasteiger partial charge < -0.3 is 4.74 Å². The molecule has 1 saturated heterocycles. The summed E-state index contributed by atoms with van der Waals surface area (Å²) in [6, 6.07) is 22.1. The smallest absolute Gasteiger partial charge is 0.261 e. The molecule has 0 radical (unpaired) electrons. The van der Waals surface area contributed by atoms with Crippen molar-refractivity contribution in [3.63, 3.8) is 0 Å². The number of imide groups is 1. The summed E-state index contributed by atoms with van der Waals surface area (Å²) >= 11 is 0. The molecule has 2 amide bonds. The predicted molar refractivity (Wildman–Crippen MR) is 153 cm³/mol. The van der Waals surface area contributed by atoms with E-state index in [1.165, 1.54) is 17.7 Å². The van der Waals surface area contributed by atoms with Crippen LogP contribution < -0.4 is 10.3 Å². The molecule has 6 rings (SSSR count). The monoisotopic (exact) mass is 536 g/mol. The molecule has 0 N–H and O–H groups in total. The van der Waals surface area contributed by atoms with Crippen LogP contribution in [-0.4, -0.2) is 64.0 Å². The average Bonchev–Trinajstić information content (AvgIpc) is 3.59. The van der Waals surface area contributed by atoms with Crippen LogP contribution in [0.5, 0.6) is 5.75 Å². The highest BCUT2D eigenvalue weighted by atomic mass is 16.5. The molecular weight excluding hydrogens is 504 g/mol. The second kappa shape index (κ2) is 11.4. The van der Waals surface area contributed by atoms with Crippen LogP contribution in [0.1, 0.15) is 44.9 Å². The molecule has 1 fully saturated rings. The van der Waals surface area contributed by atoms with E-state index in [2.05, 4.69) is 4.90 Å². The zero-order valence-electron chi connectivity index (χ0n) is 22.4. The predicted octanol–water partition coefficient (Wildman–Crippen LogP) is 3.95. The van der Waals surface area contributed by atoms with E-state index in [1.54, 1.807) is 34.9 Å². The van der Waals surface area contributed by atoms with Crippen molar-refractivity contribution in [2.24, 2.45) is 0 Å². The Hall–Kier alpha value is -4.30. The number of nitrogens with zero attached hydrogens (tertiary/aromatic N) is 4. The van der Waals surface area contributed by atoms with Crippen molar-refractivity contribution in [2.75, 3.05) is 32.8 Å². The topological polar surface area (TPSA) is 84.7 Å². The number of hydrogen-bond acceptors (Lipinski definition) is 6. The van der Waals surface area contributed by atoms with Crippen LogP contribution in [0, 0.1) is 0 Å². The van der Waals surface area contributed by atoms with Gasteiger partial charge in [0.15, 0.2) is 0 Å². The summed E-state index contributed by atoms with van der Waals surface area (Å²) in [5.41, 5.74) is 2.40. The molecule has 3 heterocycles. The van der Waals surface area contributed by atoms with Gasteiger partial charge in [-0.1, -0.05) is 36.4 Å². The number of carbonyl (C=O) groups is 2. The first-order chi connectivity index (χ1) is 19.6. The number of likely N-dealkylation sites (tertiary alicyclic amines) is 1. The van der Waals surface area contributed by atoms with E-state index in [1.807, 2.05) is 42.5 Å². The van der Waals surface area contributed by atoms with E-state index in [-0.39, 0.29) is 30.3 Å². The lowest BCUT2D eigenvalue weighted by Gasteiger charge is -2.17. The third-order valence-corrected chi connectivity index (χ3v) is 7.80. The van der Waals surface area contributed by atoms with Gasteiger partial charge in [0.1, 0.15) is 18.2 Å². The van der Waals surface area contributed by atoms with Gasteiger partial charge in [0.2, 0.25) is 0 Å². The number of fused-ring (bicyclic) bond motifs is 2. The SMILES string of the molecule is O=C1c2ccccc2C(=O)N1CCc1nc2ccccc2c(=O)n1CCc1ccc(OCCN2CCCC2)cc1. The number of aromatic nitrogens is 2. The molecule has 8 heteroatoms. The molecule has 0 saturated carbocycles. The van der Waals surface area contributed by atoms with Crippen LogP contribution in [0.25, 0.3) is 10.9 Å². The minimum Gasteiger partial charge on any atom is -0.492 e.